The maximum absolute atomic E-state index is 14.5. The highest BCUT2D eigenvalue weighted by Gasteiger charge is 2.58. The first-order valence-electron chi connectivity index (χ1n) is 23.1. The van der Waals surface area contributed by atoms with Gasteiger partial charge < -0.3 is 49.3 Å². The lowest BCUT2D eigenvalue weighted by Gasteiger charge is -2.38. The van der Waals surface area contributed by atoms with Crippen LogP contribution in [-0.2, 0) is 28.5 Å². The van der Waals surface area contributed by atoms with Gasteiger partial charge in [-0.3, -0.25) is 9.59 Å². The number of hydrogen-bond donors (Lipinski definition) is 4. The van der Waals surface area contributed by atoms with Crippen molar-refractivity contribution in [3.05, 3.63) is 60.4 Å². The number of aromatic nitrogens is 4. The smallest absolute Gasteiger partial charge is 0.407 e. The van der Waals surface area contributed by atoms with E-state index in [1.807, 2.05) is 49.9 Å². The molecule has 6 aliphatic rings. The van der Waals surface area contributed by atoms with Gasteiger partial charge in [0, 0.05) is 35.6 Å². The molecule has 6 fully saturated rings. The molecule has 4 amide bonds. The summed E-state index contributed by atoms with van der Waals surface area (Å²) >= 11 is 0. The van der Waals surface area contributed by atoms with Gasteiger partial charge in [-0.25, -0.2) is 19.6 Å². The number of nitrogens with zero attached hydrogens (tertiary/aromatic N) is 4. The Balaban J connectivity index is 0.848. The Labute approximate surface area is 372 Å². The summed E-state index contributed by atoms with van der Waals surface area (Å²) in [5.41, 5.74) is 3.49. The number of nitrogens with one attached hydrogen (secondary N) is 4. The minimum Gasteiger partial charge on any atom is -0.453 e. The van der Waals surface area contributed by atoms with Crippen molar-refractivity contribution in [3.63, 3.8) is 0 Å². The third-order valence-electron chi connectivity index (χ3n) is 14.8. The largest absolute Gasteiger partial charge is 0.453 e. The van der Waals surface area contributed by atoms with Crippen LogP contribution in [0.3, 0.4) is 0 Å². The Morgan fingerprint density at radius 1 is 0.609 bits per heavy atom. The van der Waals surface area contributed by atoms with Crippen molar-refractivity contribution in [1.29, 1.82) is 0 Å². The molecule has 4 aliphatic heterocycles. The fourth-order valence-electron chi connectivity index (χ4n) is 11.8. The molecule has 0 spiro atoms. The van der Waals surface area contributed by atoms with Crippen LogP contribution in [0.5, 0.6) is 0 Å². The Kier molecular flexibility index (Phi) is 11.2. The van der Waals surface area contributed by atoms with Gasteiger partial charge in [0.25, 0.3) is 0 Å². The zero-order valence-corrected chi connectivity index (χ0v) is 37.4. The molecule has 6 heterocycles. The van der Waals surface area contributed by atoms with E-state index >= 15 is 0 Å². The van der Waals surface area contributed by atoms with Gasteiger partial charge in [0.1, 0.15) is 23.7 Å². The monoisotopic (exact) mass is 876 g/mol. The number of carbonyl (C=O) groups excluding carboxylic acids is 4. The number of amides is 4. The quantitative estimate of drug-likeness (QED) is 0.132. The minimum absolute atomic E-state index is 0.0164. The Morgan fingerprint density at radius 2 is 1.00 bits per heavy atom. The molecular formula is C48H60N8O8. The number of imidazole rings is 2. The van der Waals surface area contributed by atoms with Crippen LogP contribution >= 0.6 is 0 Å². The Morgan fingerprint density at radius 3 is 1.38 bits per heavy atom. The van der Waals surface area contributed by atoms with E-state index in [1.165, 1.54) is 14.2 Å². The van der Waals surface area contributed by atoms with Gasteiger partial charge in [0.05, 0.1) is 62.1 Å². The fraction of sp³-hybridized carbons (Fsp3) is 0.583. The number of alkyl carbamates (subject to hydrolysis) is 2. The number of carbonyl (C=O) groups is 4. The van der Waals surface area contributed by atoms with Crippen molar-refractivity contribution in [1.82, 2.24) is 40.4 Å². The highest BCUT2D eigenvalue weighted by Crippen LogP contribution is 2.55. The number of benzene rings is 2. The zero-order valence-electron chi connectivity index (χ0n) is 37.4. The highest BCUT2D eigenvalue weighted by atomic mass is 16.5. The summed E-state index contributed by atoms with van der Waals surface area (Å²) in [7, 11) is 2.65. The summed E-state index contributed by atoms with van der Waals surface area (Å²) in [4.78, 5) is 75.0. The average molecular weight is 877 g/mol. The SMILES string of the molecule is COC(=O)NC(C(=O)N1[C@@H]2C[C@@H]2C[C@H]1c1nc(-c2ccc3cc(-c4c[nH]c([C@@H]5C[C@H]6C[C@H]6N5C(=O)C(NC(=O)OC)[C@H]5C[C@@H](C)O[C@@H](C)C5)n4)ccc3c2)c[nH]1)[C@H]1C[C@@H](C)O[C@@H](C)C1. The van der Waals surface area contributed by atoms with Crippen molar-refractivity contribution in [2.75, 3.05) is 14.2 Å². The minimum atomic E-state index is -0.715. The predicted molar refractivity (Wildman–Crippen MR) is 235 cm³/mol. The molecule has 340 valence electrons. The number of rotatable bonds is 10. The third-order valence-corrected chi connectivity index (χ3v) is 14.8. The maximum atomic E-state index is 14.5. The van der Waals surface area contributed by atoms with Gasteiger partial charge in [-0.15, -0.1) is 0 Å². The van der Waals surface area contributed by atoms with E-state index in [4.69, 9.17) is 28.9 Å². The van der Waals surface area contributed by atoms with Crippen LogP contribution in [0, 0.1) is 23.7 Å². The van der Waals surface area contributed by atoms with E-state index in [1.54, 1.807) is 0 Å². The number of aromatic amines is 2. The molecule has 4 N–H and O–H groups in total. The van der Waals surface area contributed by atoms with Gasteiger partial charge in [0.2, 0.25) is 11.8 Å². The normalized spacial score (nSPS) is 32.6. The first-order chi connectivity index (χ1) is 30.8. The van der Waals surface area contributed by atoms with Crippen molar-refractivity contribution >= 4 is 34.8 Å². The molecule has 2 aromatic heterocycles. The van der Waals surface area contributed by atoms with Crippen molar-refractivity contribution in [2.45, 2.75) is 140 Å². The highest BCUT2D eigenvalue weighted by molar-refractivity contribution is 5.91. The fourth-order valence-corrected chi connectivity index (χ4v) is 11.8. The number of ether oxygens (including phenoxy) is 4. The van der Waals surface area contributed by atoms with Crippen molar-refractivity contribution < 1.29 is 38.1 Å². The van der Waals surface area contributed by atoms with Gasteiger partial charge >= 0.3 is 12.2 Å². The molecule has 4 saturated heterocycles. The molecule has 14 atom stereocenters. The van der Waals surface area contributed by atoms with E-state index in [0.29, 0.717) is 37.5 Å². The zero-order chi connectivity index (χ0) is 44.6. The van der Waals surface area contributed by atoms with E-state index in [9.17, 15) is 19.2 Å². The second-order valence-electron chi connectivity index (χ2n) is 19.4. The second kappa shape index (κ2) is 16.8. The number of H-pyrrole nitrogens is 2. The molecule has 2 unspecified atom stereocenters. The molecular weight excluding hydrogens is 817 g/mol. The number of hydrogen-bond acceptors (Lipinski definition) is 10. The molecule has 0 radical (unpaired) electrons. The number of likely N-dealkylation sites (tertiary alicyclic amines) is 2. The Bertz CT molecular complexity index is 2250. The van der Waals surface area contributed by atoms with Gasteiger partial charge in [-0.1, -0.05) is 24.3 Å². The third kappa shape index (κ3) is 8.12. The number of fused-ring (bicyclic) bond motifs is 3. The summed E-state index contributed by atoms with van der Waals surface area (Å²) in [6.45, 7) is 8.06. The topological polar surface area (TPSA) is 193 Å². The first-order valence-corrected chi connectivity index (χ1v) is 23.1. The van der Waals surface area contributed by atoms with Gasteiger partial charge in [0.15, 0.2) is 0 Å². The molecule has 16 nitrogen and oxygen atoms in total. The maximum Gasteiger partial charge on any atom is 0.407 e. The average Bonchev–Trinajstić information content (AvgIpc) is 3.86. The Hall–Kier alpha value is -5.48. The van der Waals surface area contributed by atoms with Crippen LogP contribution in [0.4, 0.5) is 9.59 Å². The summed E-state index contributed by atoms with van der Waals surface area (Å²) in [6, 6.07) is 10.9. The molecule has 0 bridgehead atoms. The van der Waals surface area contributed by atoms with Crippen LogP contribution in [0.2, 0.25) is 0 Å². The van der Waals surface area contributed by atoms with Crippen molar-refractivity contribution in [2.24, 2.45) is 23.7 Å². The van der Waals surface area contributed by atoms with E-state index in [2.05, 4.69) is 57.0 Å². The van der Waals surface area contributed by atoms with Crippen molar-refractivity contribution in [3.8, 4) is 22.5 Å². The lowest BCUT2D eigenvalue weighted by molar-refractivity contribution is -0.140. The lowest BCUT2D eigenvalue weighted by atomic mass is 9.85. The van der Waals surface area contributed by atoms with E-state index < -0.39 is 24.3 Å². The second-order valence-corrected chi connectivity index (χ2v) is 19.4. The number of methoxy groups -OCH3 is 2. The summed E-state index contributed by atoms with van der Waals surface area (Å²) in [6.07, 6.45) is 8.79. The lowest BCUT2D eigenvalue weighted by Crippen LogP contribution is -2.55. The molecule has 64 heavy (non-hydrogen) atoms. The predicted octanol–water partition coefficient (Wildman–Crippen LogP) is 6.80. The van der Waals surface area contributed by atoms with E-state index in [-0.39, 0.29) is 72.2 Å². The first kappa shape index (κ1) is 42.5. The molecule has 10 rings (SSSR count). The molecule has 2 saturated carbocycles. The van der Waals surface area contributed by atoms with Crippen LogP contribution in [0.15, 0.2) is 48.8 Å². The molecule has 16 heteroatoms. The van der Waals surface area contributed by atoms with Gasteiger partial charge in [-0.05, 0) is 126 Å². The van der Waals surface area contributed by atoms with Crippen LogP contribution in [0.25, 0.3) is 33.3 Å². The summed E-state index contributed by atoms with van der Waals surface area (Å²) in [5.74, 6) is 2.00. The molecule has 2 aliphatic carbocycles. The van der Waals surface area contributed by atoms with Crippen LogP contribution in [0.1, 0.15) is 103 Å². The molecule has 2 aromatic carbocycles. The standard InChI is InChI=1S/C48H60N8O8/c1-23-11-33(12-24(2)63-23)41(53-47(59)61-5)45(57)55-37-17-31(37)19-39(55)43-49-21-35(51-43)29-9-7-28-16-30(10-8-27(28)15-29)36-22-50-44(52-36)40-20-32-18-38(32)56(40)46(58)42(54-48(60)62-6)34-13-25(3)64-26(4)14-34/h7-10,15-16,21-26,31-34,37-42H,11-14,17-20H2,1-6H3,(H,49,51)(H,50,52)(H,53,59)(H,54,60)/t23-,24+,25-,26+,31-,32-,33+,34+,37-,38-,39+,40+,41?,42?/m1/s1. The van der Waals surface area contributed by atoms with Crippen LogP contribution < -0.4 is 10.6 Å². The van der Waals surface area contributed by atoms with Gasteiger partial charge in [-0.2, -0.15) is 0 Å². The van der Waals surface area contributed by atoms with E-state index in [0.717, 1.165) is 70.6 Å². The summed E-state index contributed by atoms with van der Waals surface area (Å²) in [5, 5.41) is 7.89. The number of piperidine rings is 2. The summed E-state index contributed by atoms with van der Waals surface area (Å²) < 4.78 is 21.9. The molecule has 4 aromatic rings. The van der Waals surface area contributed by atoms with Crippen LogP contribution in [-0.4, -0.2) is 117 Å².